The first-order valence-electron chi connectivity index (χ1n) is 9.31. The fourth-order valence-corrected chi connectivity index (χ4v) is 3.66. The van der Waals surface area contributed by atoms with Crippen LogP contribution in [-0.4, -0.2) is 24.9 Å². The van der Waals surface area contributed by atoms with Crippen LogP contribution < -0.4 is 16.7 Å². The van der Waals surface area contributed by atoms with E-state index in [4.69, 9.17) is 11.6 Å². The minimum absolute atomic E-state index is 0.265. The number of hydrogen-bond acceptors (Lipinski definition) is 5. The Hall–Kier alpha value is -3.17. The third-order valence-electron chi connectivity index (χ3n) is 4.88. The SMILES string of the molecule is Cn1c(=O)c2c(nc(N/N=C\c3ccc(Br)cc3)n2Cc2ccccc2Cl)n(C)c1=O. The van der Waals surface area contributed by atoms with Crippen molar-refractivity contribution in [3.8, 4) is 0 Å². The van der Waals surface area contributed by atoms with Gasteiger partial charge in [-0.3, -0.25) is 18.5 Å². The van der Waals surface area contributed by atoms with E-state index in [2.05, 4.69) is 31.4 Å². The first kappa shape index (κ1) is 21.1. The Morgan fingerprint density at radius 2 is 1.81 bits per heavy atom. The Bertz CT molecular complexity index is 1420. The summed E-state index contributed by atoms with van der Waals surface area (Å²) >= 11 is 9.74. The van der Waals surface area contributed by atoms with E-state index in [0.29, 0.717) is 11.0 Å². The van der Waals surface area contributed by atoms with Crippen LogP contribution >= 0.6 is 27.5 Å². The average Bonchev–Trinajstić information content (AvgIpc) is 3.12. The van der Waals surface area contributed by atoms with Crippen LogP contribution in [0.4, 0.5) is 5.95 Å². The maximum Gasteiger partial charge on any atom is 0.332 e. The van der Waals surface area contributed by atoms with Crippen LogP contribution in [0.25, 0.3) is 11.2 Å². The molecule has 8 nitrogen and oxygen atoms in total. The van der Waals surface area contributed by atoms with Crippen LogP contribution in [0.1, 0.15) is 11.1 Å². The van der Waals surface area contributed by atoms with E-state index in [-0.39, 0.29) is 17.7 Å². The molecule has 0 saturated heterocycles. The number of aromatic nitrogens is 4. The van der Waals surface area contributed by atoms with Crippen LogP contribution in [0, 0.1) is 0 Å². The molecule has 0 fully saturated rings. The summed E-state index contributed by atoms with van der Waals surface area (Å²) in [5, 5.41) is 4.83. The fourth-order valence-electron chi connectivity index (χ4n) is 3.20. The number of hydrogen-bond donors (Lipinski definition) is 1. The highest BCUT2D eigenvalue weighted by Gasteiger charge is 2.19. The second-order valence-electron chi connectivity index (χ2n) is 6.91. The zero-order chi connectivity index (χ0) is 22.1. The molecule has 10 heteroatoms. The highest BCUT2D eigenvalue weighted by Crippen LogP contribution is 2.22. The first-order chi connectivity index (χ1) is 14.9. The van der Waals surface area contributed by atoms with Gasteiger partial charge in [-0.25, -0.2) is 10.2 Å². The Morgan fingerprint density at radius 1 is 1.10 bits per heavy atom. The standard InChI is InChI=1S/C21H18BrClN6O2/c1-27-18-17(19(30)28(2)21(27)31)29(12-14-5-3-4-6-16(14)23)20(25-18)26-24-11-13-7-9-15(22)10-8-13/h3-11H,12H2,1-2H3,(H,25,26)/b24-11-. The van der Waals surface area contributed by atoms with E-state index in [1.165, 1.54) is 11.6 Å². The van der Waals surface area contributed by atoms with Gasteiger partial charge in [-0.15, -0.1) is 0 Å². The molecular weight excluding hydrogens is 484 g/mol. The third kappa shape index (κ3) is 4.06. The van der Waals surface area contributed by atoms with Crippen molar-refractivity contribution in [3.63, 3.8) is 0 Å². The van der Waals surface area contributed by atoms with Crippen molar-refractivity contribution in [2.75, 3.05) is 5.43 Å². The Morgan fingerprint density at radius 3 is 2.52 bits per heavy atom. The maximum absolute atomic E-state index is 12.9. The van der Waals surface area contributed by atoms with Gasteiger partial charge in [0, 0.05) is 23.6 Å². The number of fused-ring (bicyclic) bond motifs is 1. The number of aryl methyl sites for hydroxylation is 1. The molecule has 0 radical (unpaired) electrons. The van der Waals surface area contributed by atoms with Crippen molar-refractivity contribution < 1.29 is 0 Å². The lowest BCUT2D eigenvalue weighted by Gasteiger charge is -2.10. The number of rotatable bonds is 5. The zero-order valence-electron chi connectivity index (χ0n) is 16.7. The quantitative estimate of drug-likeness (QED) is 0.336. The second kappa shape index (κ2) is 8.52. The van der Waals surface area contributed by atoms with Crippen molar-refractivity contribution in [2.24, 2.45) is 19.2 Å². The summed E-state index contributed by atoms with van der Waals surface area (Å²) in [5.74, 6) is 0.321. The van der Waals surface area contributed by atoms with Crippen molar-refractivity contribution >= 4 is 50.9 Å². The van der Waals surface area contributed by atoms with Gasteiger partial charge in [0.1, 0.15) is 0 Å². The molecule has 158 valence electrons. The topological polar surface area (TPSA) is 86.2 Å². The Balaban J connectivity index is 1.83. The fraction of sp³-hybridized carbons (Fsp3) is 0.143. The van der Waals surface area contributed by atoms with Gasteiger partial charge in [-0.2, -0.15) is 10.1 Å². The molecule has 1 N–H and O–H groups in total. The average molecular weight is 502 g/mol. The maximum atomic E-state index is 12.9. The molecule has 4 rings (SSSR count). The van der Waals surface area contributed by atoms with Gasteiger partial charge in [-0.1, -0.05) is 57.9 Å². The van der Waals surface area contributed by atoms with E-state index in [0.717, 1.165) is 20.2 Å². The number of anilines is 1. The van der Waals surface area contributed by atoms with Gasteiger partial charge in [0.2, 0.25) is 5.95 Å². The molecule has 0 aliphatic heterocycles. The van der Waals surface area contributed by atoms with Crippen molar-refractivity contribution in [2.45, 2.75) is 6.54 Å². The lowest BCUT2D eigenvalue weighted by atomic mass is 10.2. The van der Waals surface area contributed by atoms with E-state index >= 15 is 0 Å². The zero-order valence-corrected chi connectivity index (χ0v) is 19.1. The van der Waals surface area contributed by atoms with E-state index in [1.54, 1.807) is 23.9 Å². The lowest BCUT2D eigenvalue weighted by molar-refractivity contribution is 0.702. The third-order valence-corrected chi connectivity index (χ3v) is 5.78. The number of nitrogens with one attached hydrogen (secondary N) is 1. The summed E-state index contributed by atoms with van der Waals surface area (Å²) in [4.78, 5) is 29.8. The number of benzene rings is 2. The molecule has 31 heavy (non-hydrogen) atoms. The Kier molecular flexibility index (Phi) is 5.79. The van der Waals surface area contributed by atoms with Gasteiger partial charge in [0.05, 0.1) is 12.8 Å². The molecule has 0 saturated carbocycles. The summed E-state index contributed by atoms with van der Waals surface area (Å²) in [6.07, 6.45) is 1.64. The van der Waals surface area contributed by atoms with Gasteiger partial charge in [0.25, 0.3) is 5.56 Å². The Labute approximate surface area is 190 Å². The molecule has 0 aliphatic carbocycles. The molecule has 0 aliphatic rings. The smallest absolute Gasteiger partial charge is 0.298 e. The minimum atomic E-state index is -0.454. The molecule has 4 aromatic rings. The molecule has 0 spiro atoms. The highest BCUT2D eigenvalue weighted by atomic mass is 79.9. The monoisotopic (exact) mass is 500 g/mol. The van der Waals surface area contributed by atoms with E-state index in [9.17, 15) is 9.59 Å². The summed E-state index contributed by atoms with van der Waals surface area (Å²) in [6, 6.07) is 15.0. The lowest BCUT2D eigenvalue weighted by Crippen LogP contribution is -2.37. The van der Waals surface area contributed by atoms with Crippen molar-refractivity contribution in [1.29, 1.82) is 0 Å². The predicted molar refractivity (Wildman–Crippen MR) is 126 cm³/mol. The number of hydrazone groups is 1. The molecule has 2 heterocycles. The van der Waals surface area contributed by atoms with Gasteiger partial charge in [-0.05, 0) is 29.3 Å². The van der Waals surface area contributed by atoms with Crippen molar-refractivity contribution in [3.05, 3.63) is 90.0 Å². The number of halogens is 2. The van der Waals surface area contributed by atoms with Gasteiger partial charge in [0.15, 0.2) is 11.2 Å². The van der Waals surface area contributed by atoms with E-state index in [1.807, 2.05) is 42.5 Å². The van der Waals surface area contributed by atoms with Crippen LogP contribution in [0.2, 0.25) is 5.02 Å². The summed E-state index contributed by atoms with van der Waals surface area (Å²) < 4.78 is 5.04. The largest absolute Gasteiger partial charge is 0.332 e. The molecule has 0 atom stereocenters. The number of imidazole rings is 1. The summed E-state index contributed by atoms with van der Waals surface area (Å²) in [5.41, 5.74) is 4.24. The predicted octanol–water partition coefficient (Wildman–Crippen LogP) is 3.34. The first-order valence-corrected chi connectivity index (χ1v) is 10.5. The molecule has 2 aromatic carbocycles. The van der Waals surface area contributed by atoms with Crippen LogP contribution in [0.15, 0.2) is 67.7 Å². The summed E-state index contributed by atoms with van der Waals surface area (Å²) in [7, 11) is 3.02. The van der Waals surface area contributed by atoms with E-state index < -0.39 is 11.2 Å². The highest BCUT2D eigenvalue weighted by molar-refractivity contribution is 9.10. The molecule has 2 aromatic heterocycles. The molecule has 0 unspecified atom stereocenters. The van der Waals surface area contributed by atoms with Crippen LogP contribution in [-0.2, 0) is 20.6 Å². The van der Waals surface area contributed by atoms with Gasteiger partial charge < -0.3 is 0 Å². The molecular formula is C21H18BrClN6O2. The van der Waals surface area contributed by atoms with Crippen LogP contribution in [0.5, 0.6) is 0 Å². The minimum Gasteiger partial charge on any atom is -0.298 e. The van der Waals surface area contributed by atoms with Crippen molar-refractivity contribution in [1.82, 2.24) is 18.7 Å². The van der Waals surface area contributed by atoms with Gasteiger partial charge >= 0.3 is 5.69 Å². The number of nitrogens with zero attached hydrogens (tertiary/aromatic N) is 5. The molecule has 0 bridgehead atoms. The van der Waals surface area contributed by atoms with Crippen LogP contribution in [0.3, 0.4) is 0 Å². The molecule has 0 amide bonds. The normalized spacial score (nSPS) is 11.5. The second-order valence-corrected chi connectivity index (χ2v) is 8.24. The summed E-state index contributed by atoms with van der Waals surface area (Å²) in [6.45, 7) is 0.278.